The number of fused-ring (bicyclic) bond motifs is 1. The first-order chi connectivity index (χ1) is 11.0. The minimum atomic E-state index is 0.227. The van der Waals surface area contributed by atoms with Crippen LogP contribution in [0.5, 0.6) is 0 Å². The molecule has 3 rings (SSSR count). The zero-order valence-electron chi connectivity index (χ0n) is 13.8. The van der Waals surface area contributed by atoms with Crippen molar-refractivity contribution in [1.82, 2.24) is 9.80 Å². The van der Waals surface area contributed by atoms with Gasteiger partial charge < -0.3 is 4.90 Å². The largest absolute Gasteiger partial charge is 0.334 e. The molecule has 2 heterocycles. The van der Waals surface area contributed by atoms with Crippen LogP contribution in [0.3, 0.4) is 0 Å². The molecule has 126 valence electrons. The van der Waals surface area contributed by atoms with Crippen LogP contribution in [0, 0.1) is 5.92 Å². The van der Waals surface area contributed by atoms with Gasteiger partial charge in [-0.3, -0.25) is 9.69 Å². The van der Waals surface area contributed by atoms with E-state index in [4.69, 9.17) is 23.2 Å². The van der Waals surface area contributed by atoms with Crippen molar-refractivity contribution in [3.8, 4) is 0 Å². The average molecular weight is 355 g/mol. The van der Waals surface area contributed by atoms with E-state index < -0.39 is 0 Å². The van der Waals surface area contributed by atoms with Gasteiger partial charge in [0.25, 0.3) is 0 Å². The van der Waals surface area contributed by atoms with Gasteiger partial charge in [0.1, 0.15) is 0 Å². The monoisotopic (exact) mass is 354 g/mol. The highest BCUT2D eigenvalue weighted by Gasteiger charge is 2.46. The van der Waals surface area contributed by atoms with Crippen molar-refractivity contribution in [2.75, 3.05) is 13.1 Å². The van der Waals surface area contributed by atoms with Crippen LogP contribution in [0.1, 0.15) is 38.7 Å². The molecule has 2 aliphatic rings. The second-order valence-corrected chi connectivity index (χ2v) is 7.88. The zero-order valence-corrected chi connectivity index (χ0v) is 15.3. The Morgan fingerprint density at radius 2 is 1.91 bits per heavy atom. The van der Waals surface area contributed by atoms with Crippen molar-refractivity contribution in [3.63, 3.8) is 0 Å². The Morgan fingerprint density at radius 1 is 1.22 bits per heavy atom. The van der Waals surface area contributed by atoms with Crippen LogP contribution in [-0.4, -0.2) is 40.9 Å². The van der Waals surface area contributed by atoms with E-state index in [9.17, 15) is 4.79 Å². The maximum absolute atomic E-state index is 12.5. The number of likely N-dealkylation sites (tertiary alicyclic amines) is 2. The molecule has 0 aliphatic carbocycles. The number of hydrogen-bond donors (Lipinski definition) is 0. The van der Waals surface area contributed by atoms with E-state index in [0.29, 0.717) is 41.0 Å². The third-order valence-corrected chi connectivity index (χ3v) is 5.82. The summed E-state index contributed by atoms with van der Waals surface area (Å²) in [5.41, 5.74) is 0.866. The quantitative estimate of drug-likeness (QED) is 0.790. The Labute approximate surface area is 148 Å². The maximum atomic E-state index is 12.5. The standard InChI is InChI=1S/C18H24Cl2N2O/c1-12(2)6-8-21-9-7-16-17(21)10-18(23)22(16)11-13-14(19)4-3-5-15(13)20/h3-5,12,16-17H,6-11H2,1-2H3/t16-,17-/m0/s1. The predicted octanol–water partition coefficient (Wildman–Crippen LogP) is 4.21. The molecule has 1 aromatic rings. The van der Waals surface area contributed by atoms with Gasteiger partial charge in [-0.2, -0.15) is 0 Å². The summed E-state index contributed by atoms with van der Waals surface area (Å²) in [6.45, 7) is 7.20. The summed E-state index contributed by atoms with van der Waals surface area (Å²) in [6, 6.07) is 6.19. The van der Waals surface area contributed by atoms with E-state index in [1.54, 1.807) is 0 Å². The molecule has 1 aromatic carbocycles. The van der Waals surface area contributed by atoms with E-state index in [1.165, 1.54) is 6.42 Å². The predicted molar refractivity (Wildman–Crippen MR) is 94.9 cm³/mol. The molecule has 23 heavy (non-hydrogen) atoms. The summed E-state index contributed by atoms with van der Waals surface area (Å²) in [4.78, 5) is 17.0. The molecule has 3 nitrogen and oxygen atoms in total. The van der Waals surface area contributed by atoms with Gasteiger partial charge in [0, 0.05) is 47.2 Å². The molecule has 0 unspecified atom stereocenters. The molecule has 2 fully saturated rings. The van der Waals surface area contributed by atoms with Gasteiger partial charge in [-0.25, -0.2) is 0 Å². The fourth-order valence-corrected chi connectivity index (χ4v) is 4.29. The second-order valence-electron chi connectivity index (χ2n) is 7.07. The summed E-state index contributed by atoms with van der Waals surface area (Å²) in [6.07, 6.45) is 2.87. The van der Waals surface area contributed by atoms with Gasteiger partial charge >= 0.3 is 0 Å². The topological polar surface area (TPSA) is 23.6 Å². The lowest BCUT2D eigenvalue weighted by molar-refractivity contribution is -0.129. The fourth-order valence-electron chi connectivity index (χ4n) is 3.77. The Morgan fingerprint density at radius 3 is 2.57 bits per heavy atom. The highest BCUT2D eigenvalue weighted by Crippen LogP contribution is 2.36. The molecule has 1 amide bonds. The number of hydrogen-bond acceptors (Lipinski definition) is 2. The third-order valence-electron chi connectivity index (χ3n) is 5.11. The van der Waals surface area contributed by atoms with Gasteiger partial charge in [0.05, 0.1) is 0 Å². The van der Waals surface area contributed by atoms with Crippen LogP contribution in [0.4, 0.5) is 0 Å². The van der Waals surface area contributed by atoms with E-state index in [1.807, 2.05) is 23.1 Å². The number of benzene rings is 1. The van der Waals surface area contributed by atoms with Crippen molar-refractivity contribution in [1.29, 1.82) is 0 Å². The van der Waals surface area contributed by atoms with Gasteiger partial charge in [-0.15, -0.1) is 0 Å². The summed E-state index contributed by atoms with van der Waals surface area (Å²) in [7, 11) is 0. The molecule has 0 spiro atoms. The molecule has 2 aliphatic heterocycles. The highest BCUT2D eigenvalue weighted by molar-refractivity contribution is 6.36. The van der Waals surface area contributed by atoms with E-state index in [0.717, 1.165) is 25.1 Å². The first-order valence-electron chi connectivity index (χ1n) is 8.43. The lowest BCUT2D eigenvalue weighted by Gasteiger charge is -2.26. The summed E-state index contributed by atoms with van der Waals surface area (Å²) in [5.74, 6) is 0.925. The Balaban J connectivity index is 1.72. The number of halogens is 2. The van der Waals surface area contributed by atoms with E-state index in [2.05, 4.69) is 18.7 Å². The summed E-state index contributed by atoms with van der Waals surface area (Å²) >= 11 is 12.6. The Kier molecular flexibility index (Phi) is 5.19. The molecule has 0 radical (unpaired) electrons. The van der Waals surface area contributed by atoms with Crippen LogP contribution in [-0.2, 0) is 11.3 Å². The van der Waals surface area contributed by atoms with E-state index >= 15 is 0 Å². The molecule has 0 aromatic heterocycles. The summed E-state index contributed by atoms with van der Waals surface area (Å²) in [5, 5.41) is 1.28. The fraction of sp³-hybridized carbons (Fsp3) is 0.611. The smallest absolute Gasteiger partial charge is 0.224 e. The Hall–Kier alpha value is -0.770. The zero-order chi connectivity index (χ0) is 16.6. The van der Waals surface area contributed by atoms with Gasteiger partial charge in [0.2, 0.25) is 5.91 Å². The SMILES string of the molecule is CC(C)CCN1CC[C@H]2[C@@H]1CC(=O)N2Cc1c(Cl)cccc1Cl. The number of amides is 1. The van der Waals surface area contributed by atoms with Gasteiger partial charge in [-0.1, -0.05) is 43.1 Å². The molecule has 0 bridgehead atoms. The van der Waals surface area contributed by atoms with Crippen LogP contribution >= 0.6 is 23.2 Å². The Bertz CT molecular complexity index is 570. The van der Waals surface area contributed by atoms with Crippen LogP contribution in [0.2, 0.25) is 10.0 Å². The normalized spacial score (nSPS) is 24.7. The van der Waals surface area contributed by atoms with Crippen LogP contribution in [0.25, 0.3) is 0 Å². The minimum absolute atomic E-state index is 0.227. The van der Waals surface area contributed by atoms with Gasteiger partial charge in [-0.05, 0) is 37.4 Å². The second kappa shape index (κ2) is 7.00. The first kappa shape index (κ1) is 17.1. The van der Waals surface area contributed by atoms with Crippen LogP contribution < -0.4 is 0 Å². The van der Waals surface area contributed by atoms with Crippen molar-refractivity contribution in [3.05, 3.63) is 33.8 Å². The third kappa shape index (κ3) is 3.52. The maximum Gasteiger partial charge on any atom is 0.224 e. The number of nitrogens with zero attached hydrogens (tertiary/aromatic N) is 2. The summed E-state index contributed by atoms with van der Waals surface area (Å²) < 4.78 is 0. The van der Waals surface area contributed by atoms with Crippen molar-refractivity contribution >= 4 is 29.1 Å². The molecular weight excluding hydrogens is 331 g/mol. The highest BCUT2D eigenvalue weighted by atomic mass is 35.5. The van der Waals surface area contributed by atoms with Gasteiger partial charge in [0.15, 0.2) is 0 Å². The number of carbonyl (C=O) groups is 1. The van der Waals surface area contributed by atoms with Crippen molar-refractivity contribution in [2.24, 2.45) is 5.92 Å². The molecule has 2 atom stereocenters. The molecule has 0 saturated carbocycles. The molecular formula is C18H24Cl2N2O. The molecule has 5 heteroatoms. The van der Waals surface area contributed by atoms with Crippen molar-refractivity contribution < 1.29 is 4.79 Å². The molecule has 2 saturated heterocycles. The van der Waals surface area contributed by atoms with Crippen LogP contribution in [0.15, 0.2) is 18.2 Å². The minimum Gasteiger partial charge on any atom is -0.334 e. The first-order valence-corrected chi connectivity index (χ1v) is 9.19. The lowest BCUT2D eigenvalue weighted by Crippen LogP contribution is -2.37. The number of rotatable bonds is 5. The average Bonchev–Trinajstić information content (AvgIpc) is 3.00. The lowest BCUT2D eigenvalue weighted by atomic mass is 10.1. The van der Waals surface area contributed by atoms with E-state index in [-0.39, 0.29) is 5.91 Å². The van der Waals surface area contributed by atoms with Crippen molar-refractivity contribution in [2.45, 2.75) is 51.7 Å². The molecule has 0 N–H and O–H groups in total. The number of carbonyl (C=O) groups excluding carboxylic acids is 1.